The van der Waals surface area contributed by atoms with Gasteiger partial charge in [-0.15, -0.1) is 0 Å². The van der Waals surface area contributed by atoms with Gasteiger partial charge in [0.25, 0.3) is 0 Å². The lowest BCUT2D eigenvalue weighted by Crippen LogP contribution is -2.53. The summed E-state index contributed by atoms with van der Waals surface area (Å²) in [5.41, 5.74) is 1.59. The molecule has 0 radical (unpaired) electrons. The van der Waals surface area contributed by atoms with Crippen LogP contribution < -0.4 is 5.32 Å². The maximum Gasteiger partial charge on any atom is 0.125 e. The van der Waals surface area contributed by atoms with Crippen LogP contribution in [0.4, 0.5) is 5.82 Å². The third-order valence-corrected chi connectivity index (χ3v) is 3.81. The predicted molar refractivity (Wildman–Crippen MR) is 80.4 cm³/mol. The van der Waals surface area contributed by atoms with E-state index in [-0.39, 0.29) is 0 Å². The number of hydrogen-bond acceptors (Lipinski definition) is 4. The SMILES string of the molecule is CNc1ccc(CN2CCN(C(C)(C)C)CC2)cn1. The molecule has 0 spiro atoms. The molecule has 2 rings (SSSR count). The number of pyridine rings is 1. The Labute approximate surface area is 116 Å². The molecule has 4 heteroatoms. The van der Waals surface area contributed by atoms with Crippen LogP contribution in [0.3, 0.4) is 0 Å². The molecule has 1 aliphatic heterocycles. The van der Waals surface area contributed by atoms with Crippen LogP contribution in [0.5, 0.6) is 0 Å². The fourth-order valence-corrected chi connectivity index (χ4v) is 2.50. The molecule has 4 nitrogen and oxygen atoms in total. The van der Waals surface area contributed by atoms with Crippen molar-refractivity contribution in [1.29, 1.82) is 0 Å². The molecule has 2 heterocycles. The van der Waals surface area contributed by atoms with Crippen molar-refractivity contribution < 1.29 is 0 Å². The van der Waals surface area contributed by atoms with E-state index >= 15 is 0 Å². The average Bonchev–Trinajstić information content (AvgIpc) is 2.39. The first-order chi connectivity index (χ1) is 8.99. The van der Waals surface area contributed by atoms with E-state index in [1.807, 2.05) is 19.3 Å². The summed E-state index contributed by atoms with van der Waals surface area (Å²) in [6, 6.07) is 4.20. The molecule has 1 fully saturated rings. The van der Waals surface area contributed by atoms with Crippen molar-refractivity contribution in [2.24, 2.45) is 0 Å². The minimum Gasteiger partial charge on any atom is -0.373 e. The Bertz CT molecular complexity index is 386. The highest BCUT2D eigenvalue weighted by atomic mass is 15.3. The molecular formula is C15H26N4. The van der Waals surface area contributed by atoms with Crippen LogP contribution in [0.2, 0.25) is 0 Å². The van der Waals surface area contributed by atoms with Crippen molar-refractivity contribution in [3.05, 3.63) is 23.9 Å². The molecule has 1 aromatic rings. The minimum atomic E-state index is 0.294. The first-order valence-electron chi connectivity index (χ1n) is 7.09. The van der Waals surface area contributed by atoms with Crippen molar-refractivity contribution >= 4 is 5.82 Å². The first kappa shape index (κ1) is 14.3. The summed E-state index contributed by atoms with van der Waals surface area (Å²) >= 11 is 0. The number of hydrogen-bond donors (Lipinski definition) is 1. The molecular weight excluding hydrogens is 236 g/mol. The minimum absolute atomic E-state index is 0.294. The van der Waals surface area contributed by atoms with E-state index in [4.69, 9.17) is 0 Å². The van der Waals surface area contributed by atoms with Crippen molar-refractivity contribution in [3.63, 3.8) is 0 Å². The molecule has 0 saturated carbocycles. The number of piperazine rings is 1. The van der Waals surface area contributed by atoms with Crippen molar-refractivity contribution in [3.8, 4) is 0 Å². The normalized spacial score (nSPS) is 18.5. The van der Waals surface area contributed by atoms with Gasteiger partial charge in [-0.1, -0.05) is 6.07 Å². The molecule has 0 unspecified atom stereocenters. The zero-order chi connectivity index (χ0) is 13.9. The van der Waals surface area contributed by atoms with Gasteiger partial charge in [-0.3, -0.25) is 9.80 Å². The van der Waals surface area contributed by atoms with Gasteiger partial charge in [0.15, 0.2) is 0 Å². The highest BCUT2D eigenvalue weighted by Crippen LogP contribution is 2.17. The van der Waals surface area contributed by atoms with E-state index in [9.17, 15) is 0 Å². The van der Waals surface area contributed by atoms with Crippen molar-refractivity contribution in [2.45, 2.75) is 32.9 Å². The summed E-state index contributed by atoms with van der Waals surface area (Å²) in [6.45, 7) is 12.5. The average molecular weight is 262 g/mol. The number of nitrogens with zero attached hydrogens (tertiary/aromatic N) is 3. The fraction of sp³-hybridized carbons (Fsp3) is 0.667. The van der Waals surface area contributed by atoms with Gasteiger partial charge in [0.2, 0.25) is 0 Å². The monoisotopic (exact) mass is 262 g/mol. The third-order valence-electron chi connectivity index (χ3n) is 3.81. The van der Waals surface area contributed by atoms with Crippen LogP contribution >= 0.6 is 0 Å². The molecule has 0 aliphatic carbocycles. The summed E-state index contributed by atoms with van der Waals surface area (Å²) in [7, 11) is 1.90. The molecule has 1 saturated heterocycles. The molecule has 106 valence electrons. The summed E-state index contributed by atoms with van der Waals surface area (Å²) in [5.74, 6) is 0.932. The van der Waals surface area contributed by atoms with Gasteiger partial charge in [-0.25, -0.2) is 4.98 Å². The summed E-state index contributed by atoms with van der Waals surface area (Å²) < 4.78 is 0. The Hall–Kier alpha value is -1.13. The Morgan fingerprint density at radius 1 is 1.16 bits per heavy atom. The molecule has 0 aromatic carbocycles. The zero-order valence-corrected chi connectivity index (χ0v) is 12.6. The molecule has 1 aliphatic rings. The lowest BCUT2D eigenvalue weighted by Gasteiger charge is -2.42. The number of anilines is 1. The standard InChI is InChI=1S/C15H26N4/c1-15(2,3)19-9-7-18(8-10-19)12-13-5-6-14(16-4)17-11-13/h5-6,11H,7-10,12H2,1-4H3,(H,16,17). The Morgan fingerprint density at radius 2 is 1.84 bits per heavy atom. The molecule has 0 amide bonds. The number of rotatable bonds is 3. The first-order valence-corrected chi connectivity index (χ1v) is 7.09. The summed E-state index contributed by atoms with van der Waals surface area (Å²) in [4.78, 5) is 9.44. The van der Waals surface area contributed by atoms with E-state index in [2.05, 4.69) is 46.9 Å². The maximum atomic E-state index is 4.37. The molecule has 0 atom stereocenters. The summed E-state index contributed by atoms with van der Waals surface area (Å²) in [6.07, 6.45) is 1.97. The lowest BCUT2D eigenvalue weighted by atomic mass is 10.0. The van der Waals surface area contributed by atoms with E-state index in [1.165, 1.54) is 5.56 Å². The van der Waals surface area contributed by atoms with Crippen LogP contribution in [0.1, 0.15) is 26.3 Å². The van der Waals surface area contributed by atoms with E-state index < -0.39 is 0 Å². The van der Waals surface area contributed by atoms with E-state index in [0.29, 0.717) is 5.54 Å². The molecule has 0 bridgehead atoms. The van der Waals surface area contributed by atoms with Crippen LogP contribution in [0.15, 0.2) is 18.3 Å². The number of aromatic nitrogens is 1. The quantitative estimate of drug-likeness (QED) is 0.903. The summed E-state index contributed by atoms with van der Waals surface area (Å²) in [5, 5.41) is 3.05. The van der Waals surface area contributed by atoms with Gasteiger partial charge < -0.3 is 5.32 Å². The van der Waals surface area contributed by atoms with Gasteiger partial charge in [0.1, 0.15) is 5.82 Å². The number of nitrogens with one attached hydrogen (secondary N) is 1. The van der Waals surface area contributed by atoms with E-state index in [0.717, 1.165) is 38.5 Å². The fourth-order valence-electron chi connectivity index (χ4n) is 2.50. The van der Waals surface area contributed by atoms with Gasteiger partial charge >= 0.3 is 0 Å². The van der Waals surface area contributed by atoms with E-state index in [1.54, 1.807) is 0 Å². The smallest absolute Gasteiger partial charge is 0.125 e. The molecule has 1 aromatic heterocycles. The van der Waals surface area contributed by atoms with Crippen molar-refractivity contribution in [1.82, 2.24) is 14.8 Å². The second-order valence-corrected chi connectivity index (χ2v) is 6.24. The van der Waals surface area contributed by atoms with Crippen LogP contribution in [0.25, 0.3) is 0 Å². The second-order valence-electron chi connectivity index (χ2n) is 6.24. The van der Waals surface area contributed by atoms with Gasteiger partial charge in [-0.2, -0.15) is 0 Å². The molecule has 19 heavy (non-hydrogen) atoms. The largest absolute Gasteiger partial charge is 0.373 e. The second kappa shape index (κ2) is 5.88. The molecule has 1 N–H and O–H groups in total. The zero-order valence-electron chi connectivity index (χ0n) is 12.6. The van der Waals surface area contributed by atoms with Gasteiger partial charge in [-0.05, 0) is 32.4 Å². The highest BCUT2D eigenvalue weighted by Gasteiger charge is 2.25. The van der Waals surface area contributed by atoms with Crippen LogP contribution in [-0.4, -0.2) is 53.5 Å². The Morgan fingerprint density at radius 3 is 2.32 bits per heavy atom. The maximum absolute atomic E-state index is 4.37. The van der Waals surface area contributed by atoms with Crippen molar-refractivity contribution in [2.75, 3.05) is 38.5 Å². The van der Waals surface area contributed by atoms with Gasteiger partial charge in [0.05, 0.1) is 0 Å². The van der Waals surface area contributed by atoms with Crippen LogP contribution in [-0.2, 0) is 6.54 Å². The lowest BCUT2D eigenvalue weighted by molar-refractivity contribution is 0.0590. The van der Waals surface area contributed by atoms with Gasteiger partial charge in [0, 0.05) is 51.5 Å². The third kappa shape index (κ3) is 3.91. The van der Waals surface area contributed by atoms with Crippen LogP contribution in [0, 0.1) is 0 Å². The Kier molecular flexibility index (Phi) is 4.42. The topological polar surface area (TPSA) is 31.4 Å². The Balaban J connectivity index is 1.85. The highest BCUT2D eigenvalue weighted by molar-refractivity contribution is 5.34. The predicted octanol–water partition coefficient (Wildman–Crippen LogP) is 2.04.